The largest absolute Gasteiger partial charge is 0.496 e. The number of nitrogens with zero attached hydrogens (tertiary/aromatic N) is 1. The molecule has 0 aliphatic carbocycles. The number of non-ortho nitro benzene ring substituents is 1. The molecule has 0 radical (unpaired) electrons. The van der Waals surface area contributed by atoms with Gasteiger partial charge in [-0.3, -0.25) is 10.1 Å². The minimum absolute atomic E-state index is 0.0619. The first-order valence-electron chi connectivity index (χ1n) is 6.69. The van der Waals surface area contributed by atoms with E-state index < -0.39 is 22.7 Å². The number of nitro groups is 1. The molecule has 0 heterocycles. The molecular formula is C14H21N3O5. The van der Waals surface area contributed by atoms with E-state index in [1.165, 1.54) is 25.3 Å². The van der Waals surface area contributed by atoms with Crippen molar-refractivity contribution in [1.29, 1.82) is 0 Å². The number of amides is 1. The van der Waals surface area contributed by atoms with Crippen LogP contribution in [0.3, 0.4) is 0 Å². The molecular weight excluding hydrogens is 290 g/mol. The van der Waals surface area contributed by atoms with E-state index in [2.05, 4.69) is 5.32 Å². The fraction of sp³-hybridized carbons (Fsp3) is 0.500. The topological polar surface area (TPSA) is 117 Å². The smallest absolute Gasteiger partial charge is 0.407 e. The number of hydrogen-bond donors (Lipinski definition) is 2. The van der Waals surface area contributed by atoms with Crippen molar-refractivity contribution >= 4 is 11.8 Å². The average Bonchev–Trinajstić information content (AvgIpc) is 2.42. The summed E-state index contributed by atoms with van der Waals surface area (Å²) in [5.41, 5.74) is 5.71. The lowest BCUT2D eigenvalue weighted by Crippen LogP contribution is -2.36. The molecule has 22 heavy (non-hydrogen) atoms. The highest BCUT2D eigenvalue weighted by atomic mass is 16.6. The second-order valence-electron chi connectivity index (χ2n) is 5.67. The highest BCUT2D eigenvalue weighted by Gasteiger charge is 2.20. The molecule has 8 nitrogen and oxygen atoms in total. The molecule has 1 aromatic carbocycles. The zero-order valence-electron chi connectivity index (χ0n) is 13.1. The van der Waals surface area contributed by atoms with Crippen LogP contribution in [0, 0.1) is 10.1 Å². The van der Waals surface area contributed by atoms with Gasteiger partial charge in [-0.2, -0.15) is 0 Å². The van der Waals surface area contributed by atoms with Gasteiger partial charge in [-0.1, -0.05) is 0 Å². The lowest BCUT2D eigenvalue weighted by atomic mass is 10.1. The molecule has 3 N–H and O–H groups in total. The highest BCUT2D eigenvalue weighted by Crippen LogP contribution is 2.28. The molecule has 122 valence electrons. The van der Waals surface area contributed by atoms with Crippen molar-refractivity contribution in [1.82, 2.24) is 5.32 Å². The number of ether oxygens (including phenoxy) is 2. The average molecular weight is 311 g/mol. The standard InChI is InChI=1S/C14H21N3O5/c1-14(2,3)22-13(18)16-8-11(15)10-7-9(17(19)20)5-6-12(10)21-4/h5-7,11H,8,15H2,1-4H3,(H,16,18). The number of carbonyl (C=O) groups excluding carboxylic acids is 1. The van der Waals surface area contributed by atoms with Gasteiger partial charge in [0.25, 0.3) is 5.69 Å². The maximum absolute atomic E-state index is 11.6. The number of hydrogen-bond acceptors (Lipinski definition) is 6. The van der Waals surface area contributed by atoms with Crippen LogP contribution < -0.4 is 15.8 Å². The van der Waals surface area contributed by atoms with Crippen molar-refractivity contribution in [2.24, 2.45) is 5.73 Å². The van der Waals surface area contributed by atoms with E-state index in [0.717, 1.165) is 0 Å². The van der Waals surface area contributed by atoms with Crippen molar-refractivity contribution in [2.45, 2.75) is 32.4 Å². The lowest BCUT2D eigenvalue weighted by Gasteiger charge is -2.21. The highest BCUT2D eigenvalue weighted by molar-refractivity contribution is 5.67. The monoisotopic (exact) mass is 311 g/mol. The van der Waals surface area contributed by atoms with Crippen LogP contribution in [0.15, 0.2) is 18.2 Å². The minimum atomic E-state index is -0.664. The zero-order valence-corrected chi connectivity index (χ0v) is 13.1. The minimum Gasteiger partial charge on any atom is -0.496 e. The molecule has 0 aliphatic rings. The molecule has 1 amide bonds. The first kappa shape index (κ1) is 17.7. The summed E-state index contributed by atoms with van der Waals surface area (Å²) in [5, 5.41) is 13.4. The van der Waals surface area contributed by atoms with Crippen LogP contribution in [0.2, 0.25) is 0 Å². The summed E-state index contributed by atoms with van der Waals surface area (Å²) in [7, 11) is 1.44. The van der Waals surface area contributed by atoms with Crippen molar-refractivity contribution in [3.8, 4) is 5.75 Å². The summed E-state index contributed by atoms with van der Waals surface area (Å²) in [6, 6.07) is 3.47. The van der Waals surface area contributed by atoms with Gasteiger partial charge in [-0.25, -0.2) is 4.79 Å². The van der Waals surface area contributed by atoms with E-state index in [1.54, 1.807) is 20.8 Å². The Hall–Kier alpha value is -2.35. The first-order chi connectivity index (χ1) is 10.1. The quantitative estimate of drug-likeness (QED) is 0.635. The second kappa shape index (κ2) is 7.08. The van der Waals surface area contributed by atoms with Crippen LogP contribution in [0.5, 0.6) is 5.75 Å². The van der Waals surface area contributed by atoms with E-state index in [9.17, 15) is 14.9 Å². The Morgan fingerprint density at radius 3 is 2.59 bits per heavy atom. The van der Waals surface area contributed by atoms with E-state index >= 15 is 0 Å². The van der Waals surface area contributed by atoms with Gasteiger partial charge in [-0.15, -0.1) is 0 Å². The van der Waals surface area contributed by atoms with Crippen molar-refractivity contribution in [3.05, 3.63) is 33.9 Å². The Kier molecular flexibility index (Phi) is 5.69. The molecule has 1 aromatic rings. The number of nitro benzene ring substituents is 1. The molecule has 0 saturated heterocycles. The summed E-state index contributed by atoms with van der Waals surface area (Å²) in [5.74, 6) is 0.420. The molecule has 8 heteroatoms. The fourth-order valence-electron chi connectivity index (χ4n) is 1.74. The molecule has 1 atom stereocenters. The predicted molar refractivity (Wildman–Crippen MR) is 80.8 cm³/mol. The number of benzene rings is 1. The molecule has 1 unspecified atom stereocenters. The van der Waals surface area contributed by atoms with Crippen LogP contribution in [-0.2, 0) is 4.74 Å². The number of rotatable bonds is 5. The third-order valence-corrected chi connectivity index (χ3v) is 2.69. The van der Waals surface area contributed by atoms with Gasteiger partial charge in [0.1, 0.15) is 11.4 Å². The van der Waals surface area contributed by atoms with Crippen LogP contribution in [0.4, 0.5) is 10.5 Å². The van der Waals surface area contributed by atoms with E-state index in [1.807, 2.05) is 0 Å². The van der Waals surface area contributed by atoms with E-state index in [-0.39, 0.29) is 12.2 Å². The van der Waals surface area contributed by atoms with Crippen LogP contribution in [0.1, 0.15) is 32.4 Å². The van der Waals surface area contributed by atoms with Gasteiger partial charge in [0.05, 0.1) is 18.1 Å². The van der Waals surface area contributed by atoms with Crippen LogP contribution >= 0.6 is 0 Å². The summed E-state index contributed by atoms with van der Waals surface area (Å²) >= 11 is 0. The normalized spacial score (nSPS) is 12.4. The maximum Gasteiger partial charge on any atom is 0.407 e. The number of alkyl carbamates (subject to hydrolysis) is 1. The predicted octanol–water partition coefficient (Wildman–Crippen LogP) is 2.13. The van der Waals surface area contributed by atoms with E-state index in [4.69, 9.17) is 15.2 Å². The third-order valence-electron chi connectivity index (χ3n) is 2.69. The SMILES string of the molecule is COc1ccc([N+](=O)[O-])cc1C(N)CNC(=O)OC(C)(C)C. The molecule has 1 rings (SSSR count). The molecule has 0 aromatic heterocycles. The number of nitrogens with two attached hydrogens (primary N) is 1. The summed E-state index contributed by atoms with van der Waals surface area (Å²) in [6.07, 6.45) is -0.604. The Labute approximate surface area is 128 Å². The molecule has 0 saturated carbocycles. The van der Waals surface area contributed by atoms with E-state index in [0.29, 0.717) is 11.3 Å². The van der Waals surface area contributed by atoms with Crippen LogP contribution in [-0.4, -0.2) is 30.3 Å². The Bertz CT molecular complexity index is 554. The lowest BCUT2D eigenvalue weighted by molar-refractivity contribution is -0.385. The number of carbonyl (C=O) groups is 1. The van der Waals surface area contributed by atoms with Gasteiger partial charge >= 0.3 is 6.09 Å². The van der Waals surface area contributed by atoms with Crippen molar-refractivity contribution in [2.75, 3.05) is 13.7 Å². The second-order valence-corrected chi connectivity index (χ2v) is 5.67. The zero-order chi connectivity index (χ0) is 16.9. The Morgan fingerprint density at radius 2 is 2.09 bits per heavy atom. The Morgan fingerprint density at radius 1 is 1.45 bits per heavy atom. The van der Waals surface area contributed by atoms with Gasteiger partial charge in [-0.05, 0) is 26.8 Å². The van der Waals surface area contributed by atoms with Gasteiger partial charge in [0.15, 0.2) is 0 Å². The summed E-state index contributed by atoms with van der Waals surface area (Å²) < 4.78 is 10.2. The van der Waals surface area contributed by atoms with Gasteiger partial charge in [0, 0.05) is 24.2 Å². The van der Waals surface area contributed by atoms with Gasteiger partial charge < -0.3 is 20.5 Å². The number of nitrogens with one attached hydrogen (secondary N) is 1. The molecule has 0 spiro atoms. The van der Waals surface area contributed by atoms with Crippen molar-refractivity contribution < 1.29 is 19.2 Å². The first-order valence-corrected chi connectivity index (χ1v) is 6.69. The fourth-order valence-corrected chi connectivity index (χ4v) is 1.74. The Balaban J connectivity index is 2.80. The summed E-state index contributed by atoms with van der Waals surface area (Å²) in [6.45, 7) is 5.30. The molecule has 0 fully saturated rings. The third kappa shape index (κ3) is 5.21. The maximum atomic E-state index is 11.6. The number of methoxy groups -OCH3 is 1. The van der Waals surface area contributed by atoms with Gasteiger partial charge in [0.2, 0.25) is 0 Å². The summed E-state index contributed by atoms with van der Waals surface area (Å²) in [4.78, 5) is 21.9. The van der Waals surface area contributed by atoms with Crippen molar-refractivity contribution in [3.63, 3.8) is 0 Å². The van der Waals surface area contributed by atoms with Crippen LogP contribution in [0.25, 0.3) is 0 Å². The molecule has 0 bridgehead atoms. The molecule has 0 aliphatic heterocycles.